The van der Waals surface area contributed by atoms with Crippen molar-refractivity contribution in [1.29, 1.82) is 0 Å². The van der Waals surface area contributed by atoms with E-state index in [2.05, 4.69) is 0 Å². The Morgan fingerprint density at radius 2 is 1.16 bits per heavy atom. The maximum absolute atomic E-state index is 10.5. The second-order valence-electron chi connectivity index (χ2n) is 4.96. The number of anilines is 2. The minimum Gasteiger partial charge on any atom is -0.398 e. The predicted molar refractivity (Wildman–Crippen MR) is 79.6 cm³/mol. The van der Waals surface area contributed by atoms with E-state index in [4.69, 9.17) is 11.5 Å². The first-order chi connectivity index (χ1) is 8.82. The number of aryl methyl sites for hydroxylation is 2. The molecule has 0 fully saturated rings. The molecule has 19 heavy (non-hydrogen) atoms. The van der Waals surface area contributed by atoms with Crippen molar-refractivity contribution in [2.24, 2.45) is 0 Å². The van der Waals surface area contributed by atoms with Crippen molar-refractivity contribution >= 4 is 22.0 Å². The minimum atomic E-state index is -3.00. The summed E-state index contributed by atoms with van der Waals surface area (Å²) in [5.41, 5.74) is 16.4. The van der Waals surface area contributed by atoms with E-state index in [0.29, 0.717) is 21.2 Å². The summed E-state index contributed by atoms with van der Waals surface area (Å²) in [5.74, 6) is 0. The van der Waals surface area contributed by atoms with Gasteiger partial charge in [0.2, 0.25) is 0 Å². The van der Waals surface area contributed by atoms with Crippen LogP contribution in [0.25, 0.3) is 11.1 Å². The molecule has 5 heteroatoms. The molecule has 0 spiro atoms. The van der Waals surface area contributed by atoms with Gasteiger partial charge in [0.1, 0.15) is 0 Å². The average Bonchev–Trinajstić information content (AvgIpc) is 2.52. The van der Waals surface area contributed by atoms with E-state index >= 15 is 0 Å². The van der Waals surface area contributed by atoms with Crippen molar-refractivity contribution in [3.8, 4) is 11.1 Å². The molecule has 1 heterocycles. The SMILES string of the molecule is Cc1cc2c(cc1N)S(O)(O)c1cc(N)c(C)cc1-2. The van der Waals surface area contributed by atoms with Crippen LogP contribution < -0.4 is 11.5 Å². The summed E-state index contributed by atoms with van der Waals surface area (Å²) in [5, 5.41) is 0. The summed E-state index contributed by atoms with van der Waals surface area (Å²) in [6, 6.07) is 7.12. The highest BCUT2D eigenvalue weighted by Crippen LogP contribution is 2.67. The Hall–Kier alpha value is -1.69. The van der Waals surface area contributed by atoms with Gasteiger partial charge in [-0.25, -0.2) is 0 Å². The molecule has 6 N–H and O–H groups in total. The van der Waals surface area contributed by atoms with E-state index in [1.54, 1.807) is 12.1 Å². The Labute approximate surface area is 113 Å². The zero-order valence-corrected chi connectivity index (χ0v) is 11.6. The zero-order valence-electron chi connectivity index (χ0n) is 10.8. The third-order valence-corrected chi connectivity index (χ3v) is 5.54. The standard InChI is InChI=1S/C14H16N2O2S/c1-7-3-9-10-4-8(2)12(16)6-14(10)19(17,18)13(9)5-11(7)15/h3-6,17-18H,15-16H2,1-2H3. The lowest BCUT2D eigenvalue weighted by Gasteiger charge is -2.29. The van der Waals surface area contributed by atoms with Crippen LogP contribution >= 0.6 is 10.6 Å². The molecule has 0 bridgehead atoms. The Balaban J connectivity index is 2.40. The molecule has 0 saturated heterocycles. The summed E-state index contributed by atoms with van der Waals surface area (Å²) < 4.78 is 20.9. The van der Waals surface area contributed by atoms with Crippen molar-refractivity contribution in [2.45, 2.75) is 23.6 Å². The molecule has 0 atom stereocenters. The van der Waals surface area contributed by atoms with Gasteiger partial charge in [-0.2, -0.15) is 0 Å². The van der Waals surface area contributed by atoms with Crippen molar-refractivity contribution in [3.05, 3.63) is 35.4 Å². The van der Waals surface area contributed by atoms with Gasteiger partial charge < -0.3 is 11.5 Å². The summed E-state index contributed by atoms with van der Waals surface area (Å²) in [7, 11) is -3.00. The van der Waals surface area contributed by atoms with E-state index in [1.165, 1.54) is 0 Å². The molecule has 1 aliphatic heterocycles. The number of benzene rings is 2. The van der Waals surface area contributed by atoms with Crippen LogP contribution in [0.2, 0.25) is 0 Å². The number of hydrogen-bond acceptors (Lipinski definition) is 4. The molecule has 1 aliphatic rings. The molecule has 2 aromatic carbocycles. The van der Waals surface area contributed by atoms with Gasteiger partial charge in [0, 0.05) is 22.5 Å². The van der Waals surface area contributed by atoms with Crippen LogP contribution in [0.5, 0.6) is 0 Å². The number of rotatable bonds is 0. The van der Waals surface area contributed by atoms with E-state index in [0.717, 1.165) is 22.3 Å². The fraction of sp³-hybridized carbons (Fsp3) is 0.143. The van der Waals surface area contributed by atoms with Crippen LogP contribution in [0.15, 0.2) is 34.1 Å². The van der Waals surface area contributed by atoms with Crippen LogP contribution in [0.4, 0.5) is 11.4 Å². The molecule has 0 saturated carbocycles. The van der Waals surface area contributed by atoms with Gasteiger partial charge in [0.15, 0.2) is 0 Å². The second kappa shape index (κ2) is 3.66. The van der Waals surface area contributed by atoms with Gasteiger partial charge in [-0.15, -0.1) is 10.6 Å². The maximum atomic E-state index is 10.5. The first kappa shape index (κ1) is 12.3. The molecule has 0 aromatic heterocycles. The molecule has 100 valence electrons. The summed E-state index contributed by atoms with van der Waals surface area (Å²) >= 11 is 0. The Morgan fingerprint density at radius 3 is 1.53 bits per heavy atom. The lowest BCUT2D eigenvalue weighted by atomic mass is 10.0. The lowest BCUT2D eigenvalue weighted by Crippen LogP contribution is -1.98. The third-order valence-electron chi connectivity index (χ3n) is 3.64. The number of hydrogen-bond donors (Lipinski definition) is 4. The van der Waals surface area contributed by atoms with Gasteiger partial charge in [-0.1, -0.05) is 0 Å². The van der Waals surface area contributed by atoms with Gasteiger partial charge in [0.05, 0.1) is 9.79 Å². The van der Waals surface area contributed by atoms with Gasteiger partial charge in [0.25, 0.3) is 0 Å². The van der Waals surface area contributed by atoms with Crippen molar-refractivity contribution in [2.75, 3.05) is 11.5 Å². The molecular weight excluding hydrogens is 260 g/mol. The summed E-state index contributed by atoms with van der Waals surface area (Å²) in [6.07, 6.45) is 0. The quantitative estimate of drug-likeness (QED) is 0.553. The molecular formula is C14H16N2O2S. The van der Waals surface area contributed by atoms with Gasteiger partial charge in [-0.05, 0) is 49.2 Å². The maximum Gasteiger partial charge on any atom is 0.0736 e. The first-order valence-electron chi connectivity index (χ1n) is 5.91. The lowest BCUT2D eigenvalue weighted by molar-refractivity contribution is 0.490. The van der Waals surface area contributed by atoms with Gasteiger partial charge >= 0.3 is 0 Å². The fourth-order valence-corrected chi connectivity index (χ4v) is 4.19. The molecule has 3 rings (SSSR count). The molecule has 4 nitrogen and oxygen atoms in total. The minimum absolute atomic E-state index is 0.496. The molecule has 2 aromatic rings. The Kier molecular flexibility index (Phi) is 2.38. The topological polar surface area (TPSA) is 92.5 Å². The van der Waals surface area contributed by atoms with Gasteiger partial charge in [-0.3, -0.25) is 9.11 Å². The molecule has 0 unspecified atom stereocenters. The Bertz CT molecular complexity index is 652. The summed E-state index contributed by atoms with van der Waals surface area (Å²) in [6.45, 7) is 3.81. The predicted octanol–water partition coefficient (Wildman–Crippen LogP) is 3.62. The van der Waals surface area contributed by atoms with E-state index in [1.807, 2.05) is 26.0 Å². The highest BCUT2D eigenvalue weighted by atomic mass is 32.3. The average molecular weight is 276 g/mol. The van der Waals surface area contributed by atoms with Crippen molar-refractivity contribution < 1.29 is 9.11 Å². The number of fused-ring (bicyclic) bond motifs is 3. The Morgan fingerprint density at radius 1 is 0.789 bits per heavy atom. The highest BCUT2D eigenvalue weighted by molar-refractivity contribution is 8.24. The number of nitrogens with two attached hydrogens (primary N) is 2. The second-order valence-corrected chi connectivity index (χ2v) is 6.94. The normalized spacial score (nSPS) is 16.8. The molecule has 0 aliphatic carbocycles. The van der Waals surface area contributed by atoms with Crippen molar-refractivity contribution in [1.82, 2.24) is 0 Å². The largest absolute Gasteiger partial charge is 0.398 e. The van der Waals surface area contributed by atoms with Crippen LogP contribution in [0.1, 0.15) is 11.1 Å². The molecule has 0 amide bonds. The van der Waals surface area contributed by atoms with E-state index in [9.17, 15) is 9.11 Å². The van der Waals surface area contributed by atoms with Crippen LogP contribution in [-0.4, -0.2) is 9.11 Å². The first-order valence-corrected chi connectivity index (χ1v) is 7.46. The smallest absolute Gasteiger partial charge is 0.0736 e. The van der Waals surface area contributed by atoms with Crippen molar-refractivity contribution in [3.63, 3.8) is 0 Å². The zero-order chi connectivity index (χ0) is 13.9. The van der Waals surface area contributed by atoms with Crippen LogP contribution in [-0.2, 0) is 0 Å². The highest BCUT2D eigenvalue weighted by Gasteiger charge is 2.34. The van der Waals surface area contributed by atoms with E-state index in [-0.39, 0.29) is 0 Å². The van der Waals surface area contributed by atoms with Crippen LogP contribution in [0.3, 0.4) is 0 Å². The summed E-state index contributed by atoms with van der Waals surface area (Å²) in [4.78, 5) is 0.992. The van der Waals surface area contributed by atoms with Crippen LogP contribution in [0, 0.1) is 13.8 Å². The van der Waals surface area contributed by atoms with E-state index < -0.39 is 10.6 Å². The molecule has 0 radical (unpaired) electrons. The fourth-order valence-electron chi connectivity index (χ4n) is 2.42. The third kappa shape index (κ3) is 1.56. The monoisotopic (exact) mass is 276 g/mol. The number of nitrogen functional groups attached to an aromatic ring is 2.